The van der Waals surface area contributed by atoms with Gasteiger partial charge in [0.2, 0.25) is 0 Å². The van der Waals surface area contributed by atoms with Crippen LogP contribution in [-0.4, -0.2) is 54.7 Å². The first-order chi connectivity index (χ1) is 15.3. The minimum atomic E-state index is -1.55. The van der Waals surface area contributed by atoms with Gasteiger partial charge in [0.1, 0.15) is 17.9 Å². The maximum atomic E-state index is 12.4. The lowest BCUT2D eigenvalue weighted by atomic mass is 9.76. The van der Waals surface area contributed by atoms with E-state index >= 15 is 0 Å². The molecule has 0 fully saturated rings. The topological polar surface area (TPSA) is 75.8 Å². The van der Waals surface area contributed by atoms with E-state index in [1.165, 1.54) is 0 Å². The molecule has 0 aromatic heterocycles. The van der Waals surface area contributed by atoms with Gasteiger partial charge < -0.3 is 15.6 Å². The molecule has 32 heavy (non-hydrogen) atoms. The lowest BCUT2D eigenvalue weighted by Gasteiger charge is -2.34. The van der Waals surface area contributed by atoms with Crippen LogP contribution in [0.2, 0.25) is 0 Å². The van der Waals surface area contributed by atoms with Crippen LogP contribution >= 0.6 is 27.7 Å². The van der Waals surface area contributed by atoms with E-state index in [4.69, 9.17) is 10.5 Å². The molecule has 0 aliphatic heterocycles. The van der Waals surface area contributed by atoms with Gasteiger partial charge in [-0.05, 0) is 48.7 Å². The number of ether oxygens (including phenoxy) is 1. The van der Waals surface area contributed by atoms with Crippen molar-refractivity contribution in [2.24, 2.45) is 5.73 Å². The molecule has 7 heteroatoms. The van der Waals surface area contributed by atoms with Crippen molar-refractivity contribution in [3.8, 4) is 5.75 Å². The van der Waals surface area contributed by atoms with Crippen LogP contribution in [0.15, 0.2) is 77.8 Å². The summed E-state index contributed by atoms with van der Waals surface area (Å²) in [5.74, 6) is -0.168. The Balaban J connectivity index is 2.15. The van der Waals surface area contributed by atoms with Gasteiger partial charge in [0.05, 0.1) is 0 Å². The number of rotatable bonds is 13. The summed E-state index contributed by atoms with van der Waals surface area (Å²) in [7, 11) is 2.03. The fraction of sp³-hybridized carbons (Fsp3) is 0.320. The van der Waals surface area contributed by atoms with Crippen LogP contribution in [0.4, 0.5) is 0 Å². The van der Waals surface area contributed by atoms with Gasteiger partial charge in [-0.1, -0.05) is 58.4 Å². The molecule has 0 radical (unpaired) electrons. The summed E-state index contributed by atoms with van der Waals surface area (Å²) in [5.41, 5.74) is 6.47. The van der Waals surface area contributed by atoms with Crippen molar-refractivity contribution in [3.63, 3.8) is 0 Å². The van der Waals surface area contributed by atoms with Crippen molar-refractivity contribution in [1.29, 1.82) is 0 Å². The fourth-order valence-corrected chi connectivity index (χ4v) is 4.47. The summed E-state index contributed by atoms with van der Waals surface area (Å²) in [6.07, 6.45) is 7.85. The highest BCUT2D eigenvalue weighted by Gasteiger charge is 2.44. The monoisotopic (exact) mass is 518 g/mol. The van der Waals surface area contributed by atoms with Gasteiger partial charge in [-0.3, -0.25) is 4.90 Å². The molecule has 3 N–H and O–H groups in total. The van der Waals surface area contributed by atoms with E-state index in [9.17, 15) is 9.90 Å². The molecule has 0 saturated carbocycles. The molecule has 0 heterocycles. The van der Waals surface area contributed by atoms with Crippen LogP contribution in [0.1, 0.15) is 17.0 Å². The number of benzene rings is 2. The Morgan fingerprint density at radius 1 is 1.22 bits per heavy atom. The van der Waals surface area contributed by atoms with Crippen molar-refractivity contribution in [1.82, 2.24) is 4.90 Å². The van der Waals surface area contributed by atoms with Crippen LogP contribution in [0.5, 0.6) is 5.75 Å². The van der Waals surface area contributed by atoms with Gasteiger partial charge >= 0.3 is 5.97 Å². The first kappa shape index (κ1) is 26.2. The highest BCUT2D eigenvalue weighted by atomic mass is 79.9. The van der Waals surface area contributed by atoms with Gasteiger partial charge in [-0.25, -0.2) is 4.79 Å². The Morgan fingerprint density at radius 3 is 2.44 bits per heavy atom. The zero-order valence-corrected chi connectivity index (χ0v) is 20.9. The standard InChI is InChI=1S/C25H31BrN2O3S/c1-4-15-28(2)16-5-6-17-31-22-13-7-19(8-14-22)23(18-32-3)25(27,24(29)30)20-9-11-21(26)12-10-20/h4-14,23H,1,15-18,27H2,2-3H3,(H,29,30)/b6-5+. The lowest BCUT2D eigenvalue weighted by molar-refractivity contribution is -0.144. The molecule has 0 bridgehead atoms. The minimum absolute atomic E-state index is 0.412. The Bertz CT molecular complexity index is 902. The number of hydrogen-bond acceptors (Lipinski definition) is 5. The smallest absolute Gasteiger partial charge is 0.329 e. The molecular formula is C25H31BrN2O3S. The number of carboxylic acid groups (broad SMARTS) is 1. The maximum absolute atomic E-state index is 12.4. The predicted octanol–water partition coefficient (Wildman–Crippen LogP) is 4.89. The highest BCUT2D eigenvalue weighted by molar-refractivity contribution is 9.10. The maximum Gasteiger partial charge on any atom is 0.329 e. The third kappa shape index (κ3) is 6.97. The predicted molar refractivity (Wildman–Crippen MR) is 138 cm³/mol. The van der Waals surface area contributed by atoms with Crippen LogP contribution < -0.4 is 10.5 Å². The summed E-state index contributed by atoms with van der Waals surface area (Å²) < 4.78 is 6.66. The third-order valence-corrected chi connectivity index (χ3v) is 6.41. The number of nitrogens with two attached hydrogens (primary N) is 1. The SMILES string of the molecule is C=CCN(C)C/C=C/COc1ccc(C(CSC)C(N)(C(=O)O)c2ccc(Br)cc2)cc1. The molecule has 2 aromatic rings. The van der Waals surface area contributed by atoms with Crippen LogP contribution in [0.3, 0.4) is 0 Å². The van der Waals surface area contributed by atoms with Gasteiger partial charge in [0, 0.05) is 29.2 Å². The van der Waals surface area contributed by atoms with Crippen molar-refractivity contribution < 1.29 is 14.6 Å². The molecule has 2 aromatic carbocycles. The second-order valence-corrected chi connectivity index (χ2v) is 9.38. The van der Waals surface area contributed by atoms with E-state index in [0.29, 0.717) is 17.9 Å². The number of hydrogen-bond donors (Lipinski definition) is 2. The summed E-state index contributed by atoms with van der Waals surface area (Å²) in [6.45, 7) is 5.85. The van der Waals surface area contributed by atoms with E-state index in [2.05, 4.69) is 33.5 Å². The Morgan fingerprint density at radius 2 is 1.88 bits per heavy atom. The van der Waals surface area contributed by atoms with E-state index in [1.807, 2.05) is 61.9 Å². The summed E-state index contributed by atoms with van der Waals surface area (Å²) in [5, 5.41) is 10.1. The molecule has 0 amide bonds. The van der Waals surface area contributed by atoms with Crippen molar-refractivity contribution in [3.05, 3.63) is 88.9 Å². The average Bonchev–Trinajstić information content (AvgIpc) is 2.78. The molecule has 5 nitrogen and oxygen atoms in total. The second-order valence-electron chi connectivity index (χ2n) is 7.55. The first-order valence-electron chi connectivity index (χ1n) is 10.3. The van der Waals surface area contributed by atoms with Crippen LogP contribution in [0.25, 0.3) is 0 Å². The molecule has 2 unspecified atom stereocenters. The van der Waals surface area contributed by atoms with Crippen molar-refractivity contribution in [2.45, 2.75) is 11.5 Å². The quantitative estimate of drug-likeness (QED) is 0.367. The number of carbonyl (C=O) groups is 1. The molecule has 0 aliphatic carbocycles. The molecule has 0 saturated heterocycles. The largest absolute Gasteiger partial charge is 0.490 e. The van der Waals surface area contributed by atoms with E-state index in [1.54, 1.807) is 23.9 Å². The zero-order valence-electron chi connectivity index (χ0n) is 18.5. The molecule has 0 spiro atoms. The number of halogens is 1. The van der Waals surface area contributed by atoms with Crippen LogP contribution in [-0.2, 0) is 10.3 Å². The Labute approximate surface area is 203 Å². The fourth-order valence-electron chi connectivity index (χ4n) is 3.41. The number of nitrogens with zero attached hydrogens (tertiary/aromatic N) is 1. The number of thioether (sulfide) groups is 1. The van der Waals surface area contributed by atoms with Crippen LogP contribution in [0, 0.1) is 0 Å². The Hall–Kier alpha value is -2.06. The molecule has 172 valence electrons. The summed E-state index contributed by atoms with van der Waals surface area (Å²) in [6, 6.07) is 14.7. The summed E-state index contributed by atoms with van der Waals surface area (Å²) in [4.78, 5) is 14.5. The van der Waals surface area contributed by atoms with Gasteiger partial charge in [0.25, 0.3) is 0 Å². The molecule has 2 atom stereocenters. The van der Waals surface area contributed by atoms with Gasteiger partial charge in [-0.2, -0.15) is 11.8 Å². The van der Waals surface area contributed by atoms with E-state index < -0.39 is 17.4 Å². The molecule has 0 aliphatic rings. The zero-order chi connectivity index (χ0) is 23.6. The number of aliphatic carboxylic acids is 1. The molecule has 2 rings (SSSR count). The normalized spacial score (nSPS) is 14.3. The number of likely N-dealkylation sites (N-methyl/N-ethyl adjacent to an activating group) is 1. The molecular weight excluding hydrogens is 488 g/mol. The lowest BCUT2D eigenvalue weighted by Crippen LogP contribution is -2.50. The minimum Gasteiger partial charge on any atom is -0.490 e. The van der Waals surface area contributed by atoms with Gasteiger partial charge in [0.15, 0.2) is 0 Å². The highest BCUT2D eigenvalue weighted by Crippen LogP contribution is 2.38. The third-order valence-electron chi connectivity index (χ3n) is 5.21. The summed E-state index contributed by atoms with van der Waals surface area (Å²) >= 11 is 4.97. The average molecular weight is 520 g/mol. The van der Waals surface area contributed by atoms with Crippen molar-refractivity contribution >= 4 is 33.7 Å². The second kappa shape index (κ2) is 12.8. The van der Waals surface area contributed by atoms with Crippen molar-refractivity contribution in [2.75, 3.05) is 38.8 Å². The van der Waals surface area contributed by atoms with E-state index in [0.717, 1.165) is 28.9 Å². The number of carboxylic acids is 1. The van der Waals surface area contributed by atoms with Gasteiger partial charge in [-0.15, -0.1) is 6.58 Å². The first-order valence-corrected chi connectivity index (χ1v) is 12.5. The Kier molecular flexibility index (Phi) is 10.5. The van der Waals surface area contributed by atoms with E-state index in [-0.39, 0.29) is 0 Å².